The summed E-state index contributed by atoms with van der Waals surface area (Å²) in [6.45, 7) is 1.83. The van der Waals surface area contributed by atoms with Gasteiger partial charge in [-0.25, -0.2) is 4.98 Å². The topological polar surface area (TPSA) is 77.4 Å². The van der Waals surface area contributed by atoms with Gasteiger partial charge in [-0.3, -0.25) is 5.10 Å². The molecule has 5 nitrogen and oxygen atoms in total. The minimum atomic E-state index is -0.0761. The summed E-state index contributed by atoms with van der Waals surface area (Å²) >= 11 is 0. The van der Waals surface area contributed by atoms with E-state index in [1.807, 2.05) is 12.3 Å². The molecule has 0 spiro atoms. The third-order valence-corrected chi connectivity index (χ3v) is 4.80. The van der Waals surface area contributed by atoms with Gasteiger partial charge in [0.15, 0.2) is 5.65 Å². The summed E-state index contributed by atoms with van der Waals surface area (Å²) in [4.78, 5) is 4.30. The standard InChI is InChI=1S/C18H17N5/c19-7-5-18(6-9-20-12-18)14-3-1-2-13(10-14)15-4-8-21-17-16(15)11-22-23-17/h1-4,8,10-11,20H,5-6,9,12H2,(H,21,22,23)/t18-/m0/s1. The number of nitriles is 1. The first-order chi connectivity index (χ1) is 11.3. The van der Waals surface area contributed by atoms with E-state index in [1.165, 1.54) is 5.56 Å². The van der Waals surface area contributed by atoms with Crippen LogP contribution in [-0.2, 0) is 5.41 Å². The summed E-state index contributed by atoms with van der Waals surface area (Å²) in [5, 5.41) is 20.7. The summed E-state index contributed by atoms with van der Waals surface area (Å²) in [5.41, 5.74) is 4.20. The van der Waals surface area contributed by atoms with Crippen molar-refractivity contribution in [2.75, 3.05) is 13.1 Å². The first-order valence-corrected chi connectivity index (χ1v) is 7.79. The van der Waals surface area contributed by atoms with Crippen LogP contribution >= 0.6 is 0 Å². The molecule has 1 aliphatic rings. The van der Waals surface area contributed by atoms with Crippen molar-refractivity contribution in [3.05, 3.63) is 48.3 Å². The summed E-state index contributed by atoms with van der Waals surface area (Å²) in [7, 11) is 0. The van der Waals surface area contributed by atoms with Crippen LogP contribution in [0.1, 0.15) is 18.4 Å². The van der Waals surface area contributed by atoms with Crippen molar-refractivity contribution in [1.82, 2.24) is 20.5 Å². The number of rotatable bonds is 3. The molecule has 2 N–H and O–H groups in total. The van der Waals surface area contributed by atoms with Crippen molar-refractivity contribution < 1.29 is 0 Å². The quantitative estimate of drug-likeness (QED) is 0.780. The molecule has 0 unspecified atom stereocenters. The van der Waals surface area contributed by atoms with Gasteiger partial charge >= 0.3 is 0 Å². The van der Waals surface area contributed by atoms with E-state index < -0.39 is 0 Å². The van der Waals surface area contributed by atoms with E-state index >= 15 is 0 Å². The van der Waals surface area contributed by atoms with E-state index in [4.69, 9.17) is 0 Å². The molecular weight excluding hydrogens is 286 g/mol. The van der Waals surface area contributed by atoms with Crippen molar-refractivity contribution >= 4 is 11.0 Å². The Hall–Kier alpha value is -2.71. The lowest BCUT2D eigenvalue weighted by molar-refractivity contribution is 0.482. The number of fused-ring (bicyclic) bond motifs is 1. The van der Waals surface area contributed by atoms with Crippen molar-refractivity contribution in [1.29, 1.82) is 5.26 Å². The number of aromatic nitrogens is 3. The molecule has 1 atom stereocenters. The Labute approximate surface area is 134 Å². The summed E-state index contributed by atoms with van der Waals surface area (Å²) < 4.78 is 0. The Kier molecular flexibility index (Phi) is 3.32. The van der Waals surface area contributed by atoms with Crippen LogP contribution in [0.5, 0.6) is 0 Å². The molecule has 0 bridgehead atoms. The highest BCUT2D eigenvalue weighted by atomic mass is 15.1. The van der Waals surface area contributed by atoms with E-state index in [9.17, 15) is 5.26 Å². The van der Waals surface area contributed by atoms with Crippen LogP contribution in [0, 0.1) is 11.3 Å². The van der Waals surface area contributed by atoms with E-state index in [0.717, 1.165) is 41.7 Å². The molecule has 3 heterocycles. The summed E-state index contributed by atoms with van der Waals surface area (Å²) in [5.74, 6) is 0. The van der Waals surface area contributed by atoms with Crippen LogP contribution in [0.4, 0.5) is 0 Å². The molecule has 4 rings (SSSR count). The fourth-order valence-electron chi connectivity index (χ4n) is 3.51. The molecule has 0 saturated carbocycles. The van der Waals surface area contributed by atoms with Crippen molar-refractivity contribution in [2.45, 2.75) is 18.3 Å². The van der Waals surface area contributed by atoms with Gasteiger partial charge in [-0.1, -0.05) is 24.3 Å². The zero-order chi connectivity index (χ0) is 15.7. The van der Waals surface area contributed by atoms with Crippen LogP contribution in [0.25, 0.3) is 22.2 Å². The van der Waals surface area contributed by atoms with Gasteiger partial charge in [0.25, 0.3) is 0 Å². The van der Waals surface area contributed by atoms with Crippen LogP contribution < -0.4 is 5.32 Å². The van der Waals surface area contributed by atoms with Crippen molar-refractivity contribution in [3.8, 4) is 17.2 Å². The number of benzene rings is 1. The molecule has 0 aliphatic carbocycles. The van der Waals surface area contributed by atoms with Gasteiger partial charge in [0.05, 0.1) is 12.3 Å². The molecule has 0 radical (unpaired) electrons. The molecule has 23 heavy (non-hydrogen) atoms. The Bertz CT molecular complexity index is 884. The van der Waals surface area contributed by atoms with E-state index in [-0.39, 0.29) is 5.41 Å². The van der Waals surface area contributed by atoms with Gasteiger partial charge in [0.2, 0.25) is 0 Å². The van der Waals surface area contributed by atoms with Crippen molar-refractivity contribution in [2.24, 2.45) is 0 Å². The lowest BCUT2D eigenvalue weighted by Gasteiger charge is -2.26. The van der Waals surface area contributed by atoms with E-state index in [0.29, 0.717) is 6.42 Å². The zero-order valence-corrected chi connectivity index (χ0v) is 12.7. The zero-order valence-electron chi connectivity index (χ0n) is 12.7. The van der Waals surface area contributed by atoms with Crippen LogP contribution in [0.15, 0.2) is 42.7 Å². The lowest BCUT2D eigenvalue weighted by Crippen LogP contribution is -2.28. The Morgan fingerprint density at radius 3 is 3.09 bits per heavy atom. The number of pyridine rings is 1. The Balaban J connectivity index is 1.83. The maximum Gasteiger partial charge on any atom is 0.155 e. The van der Waals surface area contributed by atoms with Gasteiger partial charge in [0, 0.05) is 30.0 Å². The monoisotopic (exact) mass is 303 g/mol. The molecule has 1 saturated heterocycles. The second-order valence-corrected chi connectivity index (χ2v) is 6.11. The lowest BCUT2D eigenvalue weighted by atomic mass is 9.76. The number of H-pyrrole nitrogens is 1. The number of aromatic amines is 1. The number of nitrogens with one attached hydrogen (secondary N) is 2. The molecular formula is C18H17N5. The van der Waals surface area contributed by atoms with Gasteiger partial charge < -0.3 is 5.32 Å². The highest BCUT2D eigenvalue weighted by molar-refractivity contribution is 5.92. The predicted molar refractivity (Wildman–Crippen MR) is 88.7 cm³/mol. The Morgan fingerprint density at radius 1 is 1.30 bits per heavy atom. The van der Waals surface area contributed by atoms with Crippen LogP contribution in [-0.4, -0.2) is 28.3 Å². The SMILES string of the molecule is N#CC[C@]1(c2cccc(-c3ccnc4[nH]ncc34)c2)CCNC1. The molecule has 1 aromatic carbocycles. The van der Waals surface area contributed by atoms with E-state index in [1.54, 1.807) is 6.20 Å². The second kappa shape index (κ2) is 5.49. The first kappa shape index (κ1) is 13.9. The third kappa shape index (κ3) is 2.28. The van der Waals surface area contributed by atoms with Gasteiger partial charge in [-0.15, -0.1) is 0 Å². The maximum atomic E-state index is 9.25. The molecule has 5 heteroatoms. The Morgan fingerprint density at radius 2 is 2.26 bits per heavy atom. The summed E-state index contributed by atoms with van der Waals surface area (Å²) in [6, 6.07) is 12.9. The molecule has 0 amide bonds. The maximum absolute atomic E-state index is 9.25. The van der Waals surface area contributed by atoms with Crippen molar-refractivity contribution in [3.63, 3.8) is 0 Å². The van der Waals surface area contributed by atoms with Crippen LogP contribution in [0.3, 0.4) is 0 Å². The molecule has 2 aromatic heterocycles. The molecule has 3 aromatic rings. The highest BCUT2D eigenvalue weighted by Gasteiger charge is 2.35. The minimum absolute atomic E-state index is 0.0761. The second-order valence-electron chi connectivity index (χ2n) is 6.11. The average Bonchev–Trinajstić information content (AvgIpc) is 3.24. The smallest absolute Gasteiger partial charge is 0.155 e. The number of hydrogen-bond acceptors (Lipinski definition) is 4. The fourth-order valence-corrected chi connectivity index (χ4v) is 3.51. The largest absolute Gasteiger partial charge is 0.316 e. The number of nitrogens with zero attached hydrogens (tertiary/aromatic N) is 3. The summed E-state index contributed by atoms with van der Waals surface area (Å²) in [6.07, 6.45) is 5.15. The van der Waals surface area contributed by atoms with E-state index in [2.05, 4.69) is 50.8 Å². The van der Waals surface area contributed by atoms with Crippen LogP contribution in [0.2, 0.25) is 0 Å². The van der Waals surface area contributed by atoms with Gasteiger partial charge in [-0.05, 0) is 35.7 Å². The average molecular weight is 303 g/mol. The van der Waals surface area contributed by atoms with Gasteiger partial charge in [-0.2, -0.15) is 10.4 Å². The number of hydrogen-bond donors (Lipinski definition) is 2. The predicted octanol–water partition coefficient (Wildman–Crippen LogP) is 2.77. The normalized spacial score (nSPS) is 20.7. The molecule has 1 fully saturated rings. The molecule has 114 valence electrons. The molecule has 1 aliphatic heterocycles. The van der Waals surface area contributed by atoms with Gasteiger partial charge in [0.1, 0.15) is 0 Å². The third-order valence-electron chi connectivity index (χ3n) is 4.80. The first-order valence-electron chi connectivity index (χ1n) is 7.79. The minimum Gasteiger partial charge on any atom is -0.316 e. The highest BCUT2D eigenvalue weighted by Crippen LogP contribution is 2.36. The fraction of sp³-hybridized carbons (Fsp3) is 0.278.